The van der Waals surface area contributed by atoms with Gasteiger partial charge in [-0.3, -0.25) is 4.79 Å². The van der Waals surface area contributed by atoms with Crippen molar-refractivity contribution < 1.29 is 35.5 Å². The fraction of sp³-hybridized carbons (Fsp3) is 0.409. The van der Waals surface area contributed by atoms with Crippen molar-refractivity contribution in [2.24, 2.45) is 0 Å². The summed E-state index contributed by atoms with van der Waals surface area (Å²) in [5, 5.41) is 0. The molecule has 0 saturated carbocycles. The molecule has 6 nitrogen and oxygen atoms in total. The molecule has 11 heteroatoms. The number of fused-ring (bicyclic) bond motifs is 1. The van der Waals surface area contributed by atoms with Gasteiger partial charge in [0.25, 0.3) is 5.91 Å². The van der Waals surface area contributed by atoms with E-state index in [9.17, 15) is 30.8 Å². The number of rotatable bonds is 3. The van der Waals surface area contributed by atoms with E-state index in [2.05, 4.69) is 0 Å². The Morgan fingerprint density at radius 1 is 1.12 bits per heavy atom. The average Bonchev–Trinajstić information content (AvgIpc) is 3.09. The zero-order chi connectivity index (χ0) is 24.0. The van der Waals surface area contributed by atoms with Crippen LogP contribution in [0, 0.1) is 12.7 Å². The highest BCUT2D eigenvalue weighted by molar-refractivity contribution is 7.89. The van der Waals surface area contributed by atoms with Gasteiger partial charge >= 0.3 is 6.18 Å². The van der Waals surface area contributed by atoms with Crippen LogP contribution < -0.4 is 0 Å². The second kappa shape index (κ2) is 8.69. The van der Waals surface area contributed by atoms with Crippen molar-refractivity contribution in [2.75, 3.05) is 25.4 Å². The molecule has 0 unspecified atom stereocenters. The first kappa shape index (κ1) is 23.7. The Kier molecular flexibility index (Phi) is 6.23. The molecule has 0 bridgehead atoms. The standard InChI is InChI=1S/C22H22F4N2O4S/c1-14-8-15(10-18(23)9-14)11-28-19-12-27(13-20(19)32-6-7-33(28,30)31)21(29)16-2-4-17(5-3-16)22(24,25)26/h2-5,8-10,19-20H,6-7,11-13H2,1H3/t19-,20+/m1/s1. The third-order valence-electron chi connectivity index (χ3n) is 5.82. The van der Waals surface area contributed by atoms with Crippen molar-refractivity contribution in [1.29, 1.82) is 0 Å². The van der Waals surface area contributed by atoms with Gasteiger partial charge in [-0.05, 0) is 54.4 Å². The molecule has 2 aliphatic rings. The highest BCUT2D eigenvalue weighted by atomic mass is 32.2. The van der Waals surface area contributed by atoms with Crippen LogP contribution in [-0.2, 0) is 27.5 Å². The first-order valence-electron chi connectivity index (χ1n) is 10.3. The van der Waals surface area contributed by atoms with Gasteiger partial charge in [0, 0.05) is 25.2 Å². The molecule has 1 amide bonds. The second-order valence-electron chi connectivity index (χ2n) is 8.26. The zero-order valence-corrected chi connectivity index (χ0v) is 18.5. The Bertz CT molecular complexity index is 1130. The van der Waals surface area contributed by atoms with Gasteiger partial charge in [0.15, 0.2) is 0 Å². The SMILES string of the molecule is Cc1cc(F)cc(CN2[C@@H]3CN(C(=O)c4ccc(C(F)(F)F)cc4)C[C@@H]3OCCS2(=O)=O)c1. The van der Waals surface area contributed by atoms with E-state index in [1.54, 1.807) is 13.0 Å². The average molecular weight is 486 g/mol. The van der Waals surface area contributed by atoms with E-state index in [1.165, 1.54) is 21.3 Å². The Balaban J connectivity index is 1.57. The molecule has 0 radical (unpaired) electrons. The molecule has 0 aromatic heterocycles. The molecule has 2 heterocycles. The highest BCUT2D eigenvalue weighted by Crippen LogP contribution is 2.31. The van der Waals surface area contributed by atoms with Crippen molar-refractivity contribution in [3.8, 4) is 0 Å². The minimum absolute atomic E-state index is 0.0120. The molecule has 0 spiro atoms. The van der Waals surface area contributed by atoms with Gasteiger partial charge in [-0.1, -0.05) is 6.07 Å². The molecule has 33 heavy (non-hydrogen) atoms. The van der Waals surface area contributed by atoms with Crippen molar-refractivity contribution in [3.05, 3.63) is 70.5 Å². The van der Waals surface area contributed by atoms with Gasteiger partial charge in [-0.15, -0.1) is 0 Å². The Morgan fingerprint density at radius 3 is 2.45 bits per heavy atom. The van der Waals surface area contributed by atoms with Gasteiger partial charge in [0.2, 0.25) is 10.0 Å². The van der Waals surface area contributed by atoms with Crippen LogP contribution in [-0.4, -0.2) is 61.1 Å². The summed E-state index contributed by atoms with van der Waals surface area (Å²) in [6.07, 6.45) is -5.12. The summed E-state index contributed by atoms with van der Waals surface area (Å²) in [5.74, 6) is -1.23. The lowest BCUT2D eigenvalue weighted by atomic mass is 10.1. The number of nitrogens with zero attached hydrogens (tertiary/aromatic N) is 2. The number of halogens is 4. The monoisotopic (exact) mass is 486 g/mol. The lowest BCUT2D eigenvalue weighted by Crippen LogP contribution is -2.45. The number of hydrogen-bond acceptors (Lipinski definition) is 4. The number of hydrogen-bond donors (Lipinski definition) is 0. The number of sulfonamides is 1. The van der Waals surface area contributed by atoms with Crippen LogP contribution in [0.2, 0.25) is 0 Å². The van der Waals surface area contributed by atoms with Crippen LogP contribution in [0.4, 0.5) is 17.6 Å². The Labute approximate surface area is 188 Å². The van der Waals surface area contributed by atoms with Gasteiger partial charge in [-0.25, -0.2) is 12.8 Å². The van der Waals surface area contributed by atoms with E-state index in [4.69, 9.17) is 4.74 Å². The number of carbonyl (C=O) groups is 1. The molecular weight excluding hydrogens is 464 g/mol. The van der Waals surface area contributed by atoms with Crippen LogP contribution in [0.3, 0.4) is 0 Å². The van der Waals surface area contributed by atoms with Crippen molar-refractivity contribution in [1.82, 2.24) is 9.21 Å². The zero-order valence-electron chi connectivity index (χ0n) is 17.7. The largest absolute Gasteiger partial charge is 0.416 e. The molecule has 2 saturated heterocycles. The van der Waals surface area contributed by atoms with E-state index >= 15 is 0 Å². The maximum absolute atomic E-state index is 13.9. The number of benzene rings is 2. The normalized spacial score (nSPS) is 23.2. The lowest BCUT2D eigenvalue weighted by molar-refractivity contribution is -0.137. The number of carbonyl (C=O) groups excluding carboxylic acids is 1. The predicted octanol–water partition coefficient (Wildman–Crippen LogP) is 3.21. The summed E-state index contributed by atoms with van der Waals surface area (Å²) in [4.78, 5) is 14.3. The van der Waals surface area contributed by atoms with Crippen LogP contribution in [0.5, 0.6) is 0 Å². The van der Waals surface area contributed by atoms with Crippen molar-refractivity contribution >= 4 is 15.9 Å². The number of likely N-dealkylation sites (tertiary alicyclic amines) is 1. The van der Waals surface area contributed by atoms with E-state index in [1.807, 2.05) is 0 Å². The summed E-state index contributed by atoms with van der Waals surface area (Å²) >= 11 is 0. The van der Waals surface area contributed by atoms with E-state index in [0.717, 1.165) is 24.3 Å². The van der Waals surface area contributed by atoms with Crippen molar-refractivity contribution in [2.45, 2.75) is 31.8 Å². The summed E-state index contributed by atoms with van der Waals surface area (Å²) in [7, 11) is -3.75. The van der Waals surface area contributed by atoms with Crippen LogP contribution in [0.1, 0.15) is 27.0 Å². The van der Waals surface area contributed by atoms with E-state index in [-0.39, 0.29) is 37.6 Å². The van der Waals surface area contributed by atoms with Gasteiger partial charge in [-0.2, -0.15) is 17.5 Å². The lowest BCUT2D eigenvalue weighted by Gasteiger charge is -2.28. The molecule has 2 aromatic rings. The van der Waals surface area contributed by atoms with Crippen LogP contribution >= 0.6 is 0 Å². The first-order chi connectivity index (χ1) is 15.4. The summed E-state index contributed by atoms with van der Waals surface area (Å²) in [6, 6.07) is 7.48. The maximum Gasteiger partial charge on any atom is 0.416 e. The maximum atomic E-state index is 13.9. The minimum Gasteiger partial charge on any atom is -0.374 e. The Morgan fingerprint density at radius 2 is 1.82 bits per heavy atom. The smallest absolute Gasteiger partial charge is 0.374 e. The fourth-order valence-corrected chi connectivity index (χ4v) is 5.78. The van der Waals surface area contributed by atoms with Gasteiger partial charge in [0.1, 0.15) is 5.82 Å². The van der Waals surface area contributed by atoms with Crippen LogP contribution in [0.15, 0.2) is 42.5 Å². The molecule has 2 atom stereocenters. The number of ether oxygens (including phenoxy) is 1. The molecule has 2 aliphatic heterocycles. The third-order valence-corrected chi connectivity index (χ3v) is 7.62. The molecular formula is C22H22F4N2O4S. The highest BCUT2D eigenvalue weighted by Gasteiger charge is 2.46. The number of amides is 1. The minimum atomic E-state index is -4.51. The first-order valence-corrected chi connectivity index (χ1v) is 11.9. The summed E-state index contributed by atoms with van der Waals surface area (Å²) in [5.41, 5.74) is 0.325. The van der Waals surface area contributed by atoms with Crippen LogP contribution in [0.25, 0.3) is 0 Å². The molecule has 0 N–H and O–H groups in total. The Hall–Kier alpha value is -2.50. The van der Waals surface area contributed by atoms with Gasteiger partial charge < -0.3 is 9.64 Å². The molecule has 0 aliphatic carbocycles. The number of alkyl halides is 3. The molecule has 178 valence electrons. The van der Waals surface area contributed by atoms with Crippen molar-refractivity contribution in [3.63, 3.8) is 0 Å². The summed E-state index contributed by atoms with van der Waals surface area (Å²) in [6.45, 7) is 1.69. The number of aryl methyl sites for hydroxylation is 1. The predicted molar refractivity (Wildman–Crippen MR) is 111 cm³/mol. The second-order valence-corrected chi connectivity index (χ2v) is 10.3. The van der Waals surface area contributed by atoms with E-state index in [0.29, 0.717) is 11.1 Å². The quantitative estimate of drug-likeness (QED) is 0.625. The van der Waals surface area contributed by atoms with Gasteiger partial charge in [0.05, 0.1) is 30.1 Å². The summed E-state index contributed by atoms with van der Waals surface area (Å²) < 4.78 is 85.1. The third kappa shape index (κ3) is 5.04. The molecule has 2 fully saturated rings. The molecule has 4 rings (SSSR count). The fourth-order valence-electron chi connectivity index (χ4n) is 4.27. The topological polar surface area (TPSA) is 66.9 Å². The van der Waals surface area contributed by atoms with E-state index < -0.39 is 45.6 Å². The molecule has 2 aromatic carbocycles.